The van der Waals surface area contributed by atoms with Gasteiger partial charge in [0.15, 0.2) is 0 Å². The van der Waals surface area contributed by atoms with Gasteiger partial charge in [-0.05, 0) is 25.8 Å². The van der Waals surface area contributed by atoms with Gasteiger partial charge < -0.3 is 4.98 Å². The number of nitrogens with one attached hydrogen (secondary N) is 1. The fourth-order valence-corrected chi connectivity index (χ4v) is 2.18. The van der Waals surface area contributed by atoms with E-state index in [0.717, 1.165) is 29.9 Å². The molecule has 3 nitrogen and oxygen atoms in total. The zero-order valence-electron chi connectivity index (χ0n) is 11.7. The lowest BCUT2D eigenvalue weighted by Crippen LogP contribution is -2.26. The molecule has 100 valence electrons. The van der Waals surface area contributed by atoms with Crippen LogP contribution in [0.25, 0.3) is 0 Å². The van der Waals surface area contributed by atoms with Gasteiger partial charge in [0, 0.05) is 17.2 Å². The van der Waals surface area contributed by atoms with Gasteiger partial charge in [0.1, 0.15) is 5.82 Å². The molecule has 0 atom stereocenters. The number of rotatable bonds is 4. The largest absolute Gasteiger partial charge is 0.310 e. The Morgan fingerprint density at radius 1 is 1.21 bits per heavy atom. The molecule has 1 aromatic heterocycles. The van der Waals surface area contributed by atoms with E-state index in [-0.39, 0.29) is 11.0 Å². The predicted octanol–water partition coefficient (Wildman–Crippen LogP) is 3.05. The molecular weight excluding hydrogens is 236 g/mol. The van der Waals surface area contributed by atoms with E-state index < -0.39 is 0 Å². The maximum Gasteiger partial charge on any atom is 0.251 e. The molecule has 19 heavy (non-hydrogen) atoms. The van der Waals surface area contributed by atoms with Gasteiger partial charge in [0.2, 0.25) is 0 Å². The Balaban J connectivity index is 2.48. The Morgan fingerprint density at radius 3 is 2.53 bits per heavy atom. The molecule has 3 heteroatoms. The fourth-order valence-electron chi connectivity index (χ4n) is 2.18. The van der Waals surface area contributed by atoms with Gasteiger partial charge in [-0.25, -0.2) is 4.98 Å². The lowest BCUT2D eigenvalue weighted by molar-refractivity contribution is 0.580. The molecule has 0 unspecified atom stereocenters. The highest BCUT2D eigenvalue weighted by atomic mass is 16.1. The molecule has 2 rings (SSSR count). The lowest BCUT2D eigenvalue weighted by Gasteiger charge is -2.24. The maximum atomic E-state index is 11.8. The van der Waals surface area contributed by atoms with E-state index in [1.54, 1.807) is 6.07 Å². The molecule has 1 heterocycles. The molecule has 1 N–H and O–H groups in total. The van der Waals surface area contributed by atoms with Crippen LogP contribution in [0.4, 0.5) is 0 Å². The van der Waals surface area contributed by atoms with Gasteiger partial charge in [0.05, 0.1) is 0 Å². The van der Waals surface area contributed by atoms with Crippen molar-refractivity contribution in [1.29, 1.82) is 0 Å². The number of aromatic nitrogens is 2. The highest BCUT2D eigenvalue weighted by Gasteiger charge is 2.26. The van der Waals surface area contributed by atoms with Crippen molar-refractivity contribution in [1.82, 2.24) is 9.97 Å². The van der Waals surface area contributed by atoms with Crippen molar-refractivity contribution in [2.75, 3.05) is 0 Å². The normalized spacial score (nSPS) is 11.5. The Hall–Kier alpha value is -1.90. The molecule has 0 bridgehead atoms. The minimum atomic E-state index is -0.301. The fraction of sp³-hybridized carbons (Fsp3) is 0.375. The summed E-state index contributed by atoms with van der Waals surface area (Å²) in [5, 5.41) is 0. The van der Waals surface area contributed by atoms with Crippen LogP contribution in [0.15, 0.2) is 41.2 Å². The van der Waals surface area contributed by atoms with Gasteiger partial charge >= 0.3 is 0 Å². The van der Waals surface area contributed by atoms with Crippen molar-refractivity contribution in [3.8, 4) is 0 Å². The maximum absolute atomic E-state index is 11.8. The van der Waals surface area contributed by atoms with Gasteiger partial charge in [-0.2, -0.15) is 0 Å². The van der Waals surface area contributed by atoms with Gasteiger partial charge in [-0.1, -0.05) is 43.7 Å². The Kier molecular flexibility index (Phi) is 3.84. The zero-order chi connectivity index (χ0) is 13.9. The number of hydrogen-bond acceptors (Lipinski definition) is 2. The molecule has 1 aromatic carbocycles. The summed E-state index contributed by atoms with van der Waals surface area (Å²) < 4.78 is 0. The number of aryl methyl sites for hydroxylation is 1. The minimum absolute atomic E-state index is 0.0718. The number of aromatic amines is 1. The number of hydrogen-bond donors (Lipinski definition) is 1. The van der Waals surface area contributed by atoms with E-state index in [4.69, 9.17) is 0 Å². The van der Waals surface area contributed by atoms with Crippen LogP contribution in [0.1, 0.15) is 44.3 Å². The van der Waals surface area contributed by atoms with Gasteiger partial charge in [0.25, 0.3) is 5.56 Å². The van der Waals surface area contributed by atoms with Crippen LogP contribution >= 0.6 is 0 Å². The molecule has 0 aliphatic carbocycles. The average molecular weight is 256 g/mol. The number of benzene rings is 1. The third-order valence-electron chi connectivity index (χ3n) is 3.39. The topological polar surface area (TPSA) is 45.8 Å². The highest BCUT2D eigenvalue weighted by molar-refractivity contribution is 5.30. The molecule has 0 saturated heterocycles. The summed E-state index contributed by atoms with van der Waals surface area (Å²) in [6.07, 6.45) is 1.82. The third kappa shape index (κ3) is 2.92. The van der Waals surface area contributed by atoms with E-state index in [2.05, 4.69) is 42.9 Å². The molecular formula is C16H20N2O. The third-order valence-corrected chi connectivity index (χ3v) is 3.39. The second kappa shape index (κ2) is 5.39. The van der Waals surface area contributed by atoms with Crippen LogP contribution in [-0.2, 0) is 11.8 Å². The first-order valence-electron chi connectivity index (χ1n) is 6.70. The van der Waals surface area contributed by atoms with E-state index >= 15 is 0 Å². The van der Waals surface area contributed by atoms with E-state index in [1.807, 2.05) is 18.2 Å². The van der Waals surface area contributed by atoms with Crippen molar-refractivity contribution < 1.29 is 0 Å². The number of nitrogens with zero attached hydrogens (tertiary/aromatic N) is 1. The van der Waals surface area contributed by atoms with Crippen molar-refractivity contribution in [2.45, 2.75) is 39.0 Å². The SMILES string of the molecule is CCCc1cc(=O)[nH]c(C(C)(C)c2ccccc2)n1. The molecule has 0 radical (unpaired) electrons. The number of H-pyrrole nitrogens is 1. The lowest BCUT2D eigenvalue weighted by atomic mass is 9.83. The van der Waals surface area contributed by atoms with Crippen LogP contribution in [0.2, 0.25) is 0 Å². The highest BCUT2D eigenvalue weighted by Crippen LogP contribution is 2.28. The van der Waals surface area contributed by atoms with Crippen molar-refractivity contribution >= 4 is 0 Å². The summed E-state index contributed by atoms with van der Waals surface area (Å²) in [6, 6.07) is 11.7. The summed E-state index contributed by atoms with van der Waals surface area (Å²) in [5.74, 6) is 0.731. The first-order chi connectivity index (χ1) is 9.04. The van der Waals surface area contributed by atoms with Crippen LogP contribution in [0, 0.1) is 0 Å². The van der Waals surface area contributed by atoms with Crippen LogP contribution in [-0.4, -0.2) is 9.97 Å². The second-order valence-corrected chi connectivity index (χ2v) is 5.33. The molecule has 0 aliphatic rings. The quantitative estimate of drug-likeness (QED) is 0.913. The smallest absolute Gasteiger partial charge is 0.251 e. The molecule has 0 fully saturated rings. The van der Waals surface area contributed by atoms with E-state index in [0.29, 0.717) is 0 Å². The molecule has 0 amide bonds. The molecule has 0 aliphatic heterocycles. The summed E-state index contributed by atoms with van der Waals surface area (Å²) in [5.41, 5.74) is 1.64. The molecule has 0 saturated carbocycles. The van der Waals surface area contributed by atoms with Gasteiger partial charge in [-0.15, -0.1) is 0 Å². The summed E-state index contributed by atoms with van der Waals surface area (Å²) >= 11 is 0. The van der Waals surface area contributed by atoms with Crippen LogP contribution < -0.4 is 5.56 Å². The van der Waals surface area contributed by atoms with E-state index in [1.165, 1.54) is 0 Å². The van der Waals surface area contributed by atoms with Gasteiger partial charge in [-0.3, -0.25) is 4.79 Å². The zero-order valence-corrected chi connectivity index (χ0v) is 11.7. The van der Waals surface area contributed by atoms with E-state index in [9.17, 15) is 4.79 Å². The second-order valence-electron chi connectivity index (χ2n) is 5.33. The van der Waals surface area contributed by atoms with Crippen LogP contribution in [0.3, 0.4) is 0 Å². The summed E-state index contributed by atoms with van der Waals surface area (Å²) in [7, 11) is 0. The van der Waals surface area contributed by atoms with Crippen LogP contribution in [0.5, 0.6) is 0 Å². The Bertz CT molecular complexity index is 600. The Morgan fingerprint density at radius 2 is 1.89 bits per heavy atom. The average Bonchev–Trinajstić information content (AvgIpc) is 2.39. The monoisotopic (exact) mass is 256 g/mol. The van der Waals surface area contributed by atoms with Crippen molar-refractivity contribution in [3.63, 3.8) is 0 Å². The Labute approximate surface area is 113 Å². The van der Waals surface area contributed by atoms with Crippen molar-refractivity contribution in [3.05, 3.63) is 63.8 Å². The summed E-state index contributed by atoms with van der Waals surface area (Å²) in [6.45, 7) is 6.25. The first-order valence-corrected chi connectivity index (χ1v) is 6.70. The summed E-state index contributed by atoms with van der Waals surface area (Å²) in [4.78, 5) is 19.3. The first kappa shape index (κ1) is 13.5. The minimum Gasteiger partial charge on any atom is -0.310 e. The predicted molar refractivity (Wildman–Crippen MR) is 77.4 cm³/mol. The molecule has 0 spiro atoms. The van der Waals surface area contributed by atoms with Crippen molar-refractivity contribution in [2.24, 2.45) is 0 Å². The standard InChI is InChI=1S/C16H20N2O/c1-4-8-13-11-14(19)18-15(17-13)16(2,3)12-9-6-5-7-10-12/h5-7,9-11H,4,8H2,1-3H3,(H,17,18,19). The molecule has 2 aromatic rings.